The van der Waals surface area contributed by atoms with Gasteiger partial charge in [-0.25, -0.2) is 0 Å². The van der Waals surface area contributed by atoms with Crippen molar-refractivity contribution in [3.05, 3.63) is 0 Å². The van der Waals surface area contributed by atoms with Crippen molar-refractivity contribution in [3.63, 3.8) is 0 Å². The lowest BCUT2D eigenvalue weighted by Gasteiger charge is -2.28. The van der Waals surface area contributed by atoms with Crippen LogP contribution in [0.3, 0.4) is 0 Å². The maximum atomic E-state index is 9.80. The van der Waals surface area contributed by atoms with Crippen molar-refractivity contribution in [2.24, 2.45) is 0 Å². The summed E-state index contributed by atoms with van der Waals surface area (Å²) in [5.74, 6) is 0. The first-order valence-electron chi connectivity index (χ1n) is 5.94. The van der Waals surface area contributed by atoms with Gasteiger partial charge in [-0.1, -0.05) is 0 Å². The van der Waals surface area contributed by atoms with E-state index in [0.29, 0.717) is 6.54 Å². The molecule has 0 aromatic rings. The number of aliphatic hydroxyl groups is 1. The molecule has 1 aliphatic rings. The van der Waals surface area contributed by atoms with Gasteiger partial charge in [0.15, 0.2) is 0 Å². The Morgan fingerprint density at radius 3 is 2.69 bits per heavy atom. The summed E-state index contributed by atoms with van der Waals surface area (Å²) >= 11 is 0. The number of β-amino-alcohol motifs (C(OH)–C–C–N with tert-alkyl or cyclic N) is 1. The van der Waals surface area contributed by atoms with E-state index in [0.717, 1.165) is 39.4 Å². The highest BCUT2D eigenvalue weighted by Crippen LogP contribution is 1.98. The topological polar surface area (TPSA) is 54.0 Å². The first kappa shape index (κ1) is 13.9. The van der Waals surface area contributed by atoms with Crippen LogP contribution in [-0.4, -0.2) is 75.3 Å². The third-order valence-electron chi connectivity index (χ3n) is 2.79. The molecule has 0 radical (unpaired) electrons. The van der Waals surface area contributed by atoms with Gasteiger partial charge in [-0.3, -0.25) is 4.90 Å². The number of methoxy groups -OCH3 is 1. The Hall–Kier alpha value is -0.200. The predicted octanol–water partition coefficient (Wildman–Crippen LogP) is -0.696. The molecule has 1 fully saturated rings. The Kier molecular flexibility index (Phi) is 6.91. The van der Waals surface area contributed by atoms with Crippen LogP contribution in [-0.2, 0) is 9.47 Å². The number of rotatable bonds is 7. The highest BCUT2D eigenvalue weighted by Gasteiger charge is 2.14. The van der Waals surface area contributed by atoms with Gasteiger partial charge in [0.05, 0.1) is 25.4 Å². The van der Waals surface area contributed by atoms with Gasteiger partial charge in [0.2, 0.25) is 0 Å². The molecule has 5 heteroatoms. The number of nitrogens with zero attached hydrogens (tertiary/aromatic N) is 1. The van der Waals surface area contributed by atoms with E-state index in [-0.39, 0.29) is 12.2 Å². The Morgan fingerprint density at radius 2 is 2.06 bits per heavy atom. The molecule has 5 nitrogen and oxygen atoms in total. The molecule has 2 unspecified atom stereocenters. The molecule has 0 aliphatic carbocycles. The van der Waals surface area contributed by atoms with Gasteiger partial charge in [-0.15, -0.1) is 0 Å². The third kappa shape index (κ3) is 5.77. The molecule has 0 saturated carbocycles. The van der Waals surface area contributed by atoms with Crippen molar-refractivity contribution >= 4 is 0 Å². The van der Waals surface area contributed by atoms with Crippen LogP contribution >= 0.6 is 0 Å². The highest BCUT2D eigenvalue weighted by molar-refractivity contribution is 4.69. The molecule has 0 amide bonds. The summed E-state index contributed by atoms with van der Waals surface area (Å²) in [4.78, 5) is 2.23. The summed E-state index contributed by atoms with van der Waals surface area (Å²) in [6.45, 7) is 7.51. The maximum Gasteiger partial charge on any atom is 0.0791 e. The smallest absolute Gasteiger partial charge is 0.0791 e. The summed E-state index contributed by atoms with van der Waals surface area (Å²) in [6.07, 6.45) is -0.127. The summed E-state index contributed by atoms with van der Waals surface area (Å²) in [5, 5.41) is 13.0. The lowest BCUT2D eigenvalue weighted by molar-refractivity contribution is 0.0142. The van der Waals surface area contributed by atoms with Crippen LogP contribution in [0.1, 0.15) is 6.92 Å². The van der Waals surface area contributed by atoms with Crippen LogP contribution in [0.15, 0.2) is 0 Å². The molecule has 2 N–H and O–H groups in total. The molecule has 0 spiro atoms. The average Bonchev–Trinajstić information content (AvgIpc) is 2.30. The largest absolute Gasteiger partial charge is 0.390 e. The van der Waals surface area contributed by atoms with Gasteiger partial charge >= 0.3 is 0 Å². The molecule has 0 aromatic carbocycles. The fourth-order valence-corrected chi connectivity index (χ4v) is 1.68. The van der Waals surface area contributed by atoms with E-state index < -0.39 is 0 Å². The molecule has 0 aromatic heterocycles. The highest BCUT2D eigenvalue weighted by atomic mass is 16.5. The van der Waals surface area contributed by atoms with Crippen LogP contribution in [0, 0.1) is 0 Å². The quantitative estimate of drug-likeness (QED) is 0.608. The molecule has 1 heterocycles. The van der Waals surface area contributed by atoms with E-state index in [2.05, 4.69) is 10.2 Å². The second kappa shape index (κ2) is 7.97. The average molecular weight is 232 g/mol. The number of aliphatic hydroxyl groups excluding tert-OH is 1. The van der Waals surface area contributed by atoms with Crippen LogP contribution < -0.4 is 5.32 Å². The molecular formula is C11H24N2O3. The van der Waals surface area contributed by atoms with Gasteiger partial charge in [-0.05, 0) is 6.92 Å². The summed E-state index contributed by atoms with van der Waals surface area (Å²) < 4.78 is 10.4. The fourth-order valence-electron chi connectivity index (χ4n) is 1.68. The van der Waals surface area contributed by atoms with Crippen LogP contribution in [0.2, 0.25) is 0 Å². The number of nitrogens with one attached hydrogen (secondary N) is 1. The van der Waals surface area contributed by atoms with Crippen molar-refractivity contribution in [1.82, 2.24) is 10.2 Å². The van der Waals surface area contributed by atoms with E-state index in [1.807, 2.05) is 6.92 Å². The Balaban J connectivity index is 2.03. The van der Waals surface area contributed by atoms with Crippen molar-refractivity contribution < 1.29 is 14.6 Å². The third-order valence-corrected chi connectivity index (χ3v) is 2.79. The minimum Gasteiger partial charge on any atom is -0.390 e. The first-order valence-corrected chi connectivity index (χ1v) is 5.94. The summed E-state index contributed by atoms with van der Waals surface area (Å²) in [6, 6.07) is 0. The SMILES string of the molecule is COC(C)CNCC(O)CN1CCOCC1. The van der Waals surface area contributed by atoms with E-state index in [1.165, 1.54) is 0 Å². The van der Waals surface area contributed by atoms with Crippen LogP contribution in [0.5, 0.6) is 0 Å². The van der Waals surface area contributed by atoms with Gasteiger partial charge in [0.25, 0.3) is 0 Å². The maximum absolute atomic E-state index is 9.80. The predicted molar refractivity (Wildman–Crippen MR) is 62.6 cm³/mol. The number of hydrogen-bond acceptors (Lipinski definition) is 5. The van der Waals surface area contributed by atoms with Crippen molar-refractivity contribution in [3.8, 4) is 0 Å². The van der Waals surface area contributed by atoms with E-state index in [9.17, 15) is 5.11 Å². The van der Waals surface area contributed by atoms with Gasteiger partial charge in [-0.2, -0.15) is 0 Å². The minimum absolute atomic E-state index is 0.190. The monoisotopic (exact) mass is 232 g/mol. The second-order valence-corrected chi connectivity index (χ2v) is 4.27. The molecule has 96 valence electrons. The van der Waals surface area contributed by atoms with E-state index in [4.69, 9.17) is 9.47 Å². The van der Waals surface area contributed by atoms with Crippen LogP contribution in [0.4, 0.5) is 0 Å². The van der Waals surface area contributed by atoms with Crippen molar-refractivity contribution in [2.75, 3.05) is 53.0 Å². The van der Waals surface area contributed by atoms with Crippen molar-refractivity contribution in [1.29, 1.82) is 0 Å². The van der Waals surface area contributed by atoms with Crippen molar-refractivity contribution in [2.45, 2.75) is 19.1 Å². The number of hydrogen-bond donors (Lipinski definition) is 2. The molecule has 2 atom stereocenters. The normalized spacial score (nSPS) is 21.9. The van der Waals surface area contributed by atoms with Gasteiger partial charge < -0.3 is 19.9 Å². The Labute approximate surface area is 97.7 Å². The number of morpholine rings is 1. The molecule has 1 aliphatic heterocycles. The second-order valence-electron chi connectivity index (χ2n) is 4.27. The Morgan fingerprint density at radius 1 is 1.38 bits per heavy atom. The zero-order valence-corrected chi connectivity index (χ0v) is 10.3. The zero-order chi connectivity index (χ0) is 11.8. The molecule has 0 bridgehead atoms. The lowest BCUT2D eigenvalue weighted by atomic mass is 10.3. The van der Waals surface area contributed by atoms with Crippen LogP contribution in [0.25, 0.3) is 0 Å². The molecule has 16 heavy (non-hydrogen) atoms. The van der Waals surface area contributed by atoms with Gasteiger partial charge in [0.1, 0.15) is 0 Å². The Bertz CT molecular complexity index is 175. The number of ether oxygens (including phenoxy) is 2. The fraction of sp³-hybridized carbons (Fsp3) is 1.00. The minimum atomic E-state index is -0.317. The molecule has 1 saturated heterocycles. The lowest BCUT2D eigenvalue weighted by Crippen LogP contribution is -2.44. The molecule has 1 rings (SSSR count). The summed E-state index contributed by atoms with van der Waals surface area (Å²) in [7, 11) is 1.69. The zero-order valence-electron chi connectivity index (χ0n) is 10.3. The van der Waals surface area contributed by atoms with E-state index >= 15 is 0 Å². The van der Waals surface area contributed by atoms with Gasteiger partial charge in [0, 0.05) is 39.8 Å². The first-order chi connectivity index (χ1) is 7.72. The standard InChI is InChI=1S/C11H24N2O3/c1-10(15-2)7-12-8-11(14)9-13-3-5-16-6-4-13/h10-12,14H,3-9H2,1-2H3. The summed E-state index contributed by atoms with van der Waals surface area (Å²) in [5.41, 5.74) is 0. The molecular weight excluding hydrogens is 208 g/mol. The van der Waals surface area contributed by atoms with E-state index in [1.54, 1.807) is 7.11 Å².